The number of aromatic nitrogens is 2. The Bertz CT molecular complexity index is 785. The highest BCUT2D eigenvalue weighted by atomic mass is 35.5. The Labute approximate surface area is 153 Å². The van der Waals surface area contributed by atoms with E-state index in [1.807, 2.05) is 23.9 Å². The Morgan fingerprint density at radius 2 is 2.12 bits per heavy atom. The van der Waals surface area contributed by atoms with Crippen LogP contribution in [0.5, 0.6) is 0 Å². The van der Waals surface area contributed by atoms with E-state index in [1.165, 1.54) is 4.88 Å². The highest BCUT2D eigenvalue weighted by Crippen LogP contribution is 2.23. The Morgan fingerprint density at radius 3 is 2.88 bits per heavy atom. The Hall–Kier alpha value is -1.76. The topological polar surface area (TPSA) is 57.8 Å². The third-order valence-electron chi connectivity index (χ3n) is 3.37. The summed E-state index contributed by atoms with van der Waals surface area (Å²) in [5, 5.41) is 12.6. The number of hydrogen-bond donors (Lipinski definition) is 2. The molecule has 3 rings (SSSR count). The van der Waals surface area contributed by atoms with E-state index in [0.29, 0.717) is 22.8 Å². The summed E-state index contributed by atoms with van der Waals surface area (Å²) < 4.78 is 0. The first kappa shape index (κ1) is 17.1. The number of hydrogen-bond acceptors (Lipinski definition) is 4. The number of benzene rings is 1. The number of carbonyl (C=O) groups excluding carboxylic acids is 1. The molecule has 0 atom stereocenters. The van der Waals surface area contributed by atoms with Crippen molar-refractivity contribution in [2.45, 2.75) is 5.75 Å². The van der Waals surface area contributed by atoms with E-state index in [4.69, 9.17) is 11.6 Å². The summed E-state index contributed by atoms with van der Waals surface area (Å²) in [7, 11) is 0. The van der Waals surface area contributed by atoms with Gasteiger partial charge in [-0.3, -0.25) is 9.89 Å². The molecule has 0 fully saturated rings. The van der Waals surface area contributed by atoms with Gasteiger partial charge in [0.15, 0.2) is 0 Å². The third kappa shape index (κ3) is 4.41. The summed E-state index contributed by atoms with van der Waals surface area (Å²) in [6.45, 7) is 0.625. The van der Waals surface area contributed by atoms with Crippen LogP contribution >= 0.6 is 34.7 Å². The number of amides is 1. The van der Waals surface area contributed by atoms with Gasteiger partial charge in [-0.2, -0.15) is 16.9 Å². The van der Waals surface area contributed by atoms with Gasteiger partial charge in [0.05, 0.1) is 17.5 Å². The average Bonchev–Trinajstić information content (AvgIpc) is 3.26. The monoisotopic (exact) mass is 377 g/mol. The van der Waals surface area contributed by atoms with Crippen LogP contribution in [0.15, 0.2) is 48.0 Å². The second-order valence-electron chi connectivity index (χ2n) is 5.05. The predicted octanol–water partition coefficient (Wildman–Crippen LogP) is 4.45. The molecule has 2 N–H and O–H groups in total. The number of H-pyrrole nitrogens is 1. The molecule has 24 heavy (non-hydrogen) atoms. The lowest BCUT2D eigenvalue weighted by Crippen LogP contribution is -2.25. The summed E-state index contributed by atoms with van der Waals surface area (Å²) in [6.07, 6.45) is 1.55. The van der Waals surface area contributed by atoms with Gasteiger partial charge < -0.3 is 5.32 Å². The van der Waals surface area contributed by atoms with E-state index in [0.717, 1.165) is 17.1 Å². The molecule has 0 spiro atoms. The zero-order chi connectivity index (χ0) is 16.8. The van der Waals surface area contributed by atoms with Gasteiger partial charge in [0, 0.05) is 33.5 Å². The number of nitrogens with zero attached hydrogens (tertiary/aromatic N) is 1. The van der Waals surface area contributed by atoms with Crippen LogP contribution in [0.4, 0.5) is 0 Å². The molecule has 0 bridgehead atoms. The number of thiophene rings is 1. The molecule has 2 heterocycles. The number of halogens is 1. The lowest BCUT2D eigenvalue weighted by atomic mass is 10.1. The quantitative estimate of drug-likeness (QED) is 0.598. The van der Waals surface area contributed by atoms with E-state index in [9.17, 15) is 4.79 Å². The van der Waals surface area contributed by atoms with Crippen LogP contribution in [0, 0.1) is 0 Å². The zero-order valence-electron chi connectivity index (χ0n) is 12.8. The van der Waals surface area contributed by atoms with Crippen LogP contribution in [0.2, 0.25) is 5.02 Å². The standard InChI is InChI=1S/C17H16ClN3OS2/c18-13-5-3-12(4-6-13)16-15(10-20-21-16)17(22)19-7-9-23-11-14-2-1-8-24-14/h1-6,8,10H,7,9,11H2,(H,19,22)(H,20,21). The third-order valence-corrected chi connectivity index (χ3v) is 5.69. The summed E-state index contributed by atoms with van der Waals surface area (Å²) in [5.41, 5.74) is 2.13. The fraction of sp³-hybridized carbons (Fsp3) is 0.176. The van der Waals surface area contributed by atoms with Crippen LogP contribution in [-0.2, 0) is 5.75 Å². The molecule has 0 radical (unpaired) electrons. The maximum absolute atomic E-state index is 12.4. The lowest BCUT2D eigenvalue weighted by Gasteiger charge is -2.06. The molecule has 0 saturated carbocycles. The van der Waals surface area contributed by atoms with Gasteiger partial charge in [-0.15, -0.1) is 11.3 Å². The molecular weight excluding hydrogens is 362 g/mol. The maximum Gasteiger partial charge on any atom is 0.255 e. The van der Waals surface area contributed by atoms with Crippen LogP contribution in [0.3, 0.4) is 0 Å². The van der Waals surface area contributed by atoms with Gasteiger partial charge in [0.1, 0.15) is 0 Å². The molecule has 0 aliphatic rings. The van der Waals surface area contributed by atoms with E-state index in [2.05, 4.69) is 33.0 Å². The van der Waals surface area contributed by atoms with Crippen molar-refractivity contribution >= 4 is 40.6 Å². The number of aromatic amines is 1. The summed E-state index contributed by atoms with van der Waals surface area (Å²) in [5.74, 6) is 1.73. The zero-order valence-corrected chi connectivity index (χ0v) is 15.2. The Balaban J connectivity index is 1.52. The molecule has 2 aromatic heterocycles. The van der Waals surface area contributed by atoms with Crippen LogP contribution in [-0.4, -0.2) is 28.4 Å². The summed E-state index contributed by atoms with van der Waals surface area (Å²) in [4.78, 5) is 13.7. The number of nitrogens with one attached hydrogen (secondary N) is 2. The molecule has 3 aromatic rings. The molecule has 0 saturated heterocycles. The number of carbonyl (C=O) groups is 1. The van der Waals surface area contributed by atoms with Crippen molar-refractivity contribution in [3.8, 4) is 11.3 Å². The van der Waals surface area contributed by atoms with Crippen molar-refractivity contribution < 1.29 is 4.79 Å². The molecular formula is C17H16ClN3OS2. The van der Waals surface area contributed by atoms with Crippen LogP contribution < -0.4 is 5.32 Å². The van der Waals surface area contributed by atoms with E-state index in [1.54, 1.807) is 29.7 Å². The van der Waals surface area contributed by atoms with Gasteiger partial charge in [-0.1, -0.05) is 29.8 Å². The normalized spacial score (nSPS) is 10.7. The van der Waals surface area contributed by atoms with Gasteiger partial charge in [-0.25, -0.2) is 0 Å². The SMILES string of the molecule is O=C(NCCSCc1cccs1)c1cn[nH]c1-c1ccc(Cl)cc1. The lowest BCUT2D eigenvalue weighted by molar-refractivity contribution is 0.0957. The molecule has 0 unspecified atom stereocenters. The predicted molar refractivity (Wildman–Crippen MR) is 102 cm³/mol. The van der Waals surface area contributed by atoms with E-state index < -0.39 is 0 Å². The molecule has 4 nitrogen and oxygen atoms in total. The molecule has 7 heteroatoms. The second kappa shape index (κ2) is 8.37. The van der Waals surface area contributed by atoms with Gasteiger partial charge in [0.2, 0.25) is 0 Å². The first-order valence-electron chi connectivity index (χ1n) is 7.41. The van der Waals surface area contributed by atoms with Crippen molar-refractivity contribution in [1.82, 2.24) is 15.5 Å². The van der Waals surface area contributed by atoms with Crippen LogP contribution in [0.25, 0.3) is 11.3 Å². The largest absolute Gasteiger partial charge is 0.351 e. The van der Waals surface area contributed by atoms with E-state index in [-0.39, 0.29) is 5.91 Å². The molecule has 0 aliphatic carbocycles. The van der Waals surface area contributed by atoms with Gasteiger partial charge in [0.25, 0.3) is 5.91 Å². The molecule has 0 aliphatic heterocycles. The minimum Gasteiger partial charge on any atom is -0.351 e. The first-order valence-corrected chi connectivity index (χ1v) is 9.83. The van der Waals surface area contributed by atoms with E-state index >= 15 is 0 Å². The van der Waals surface area contributed by atoms with Crippen molar-refractivity contribution in [2.75, 3.05) is 12.3 Å². The molecule has 124 valence electrons. The van der Waals surface area contributed by atoms with Gasteiger partial charge >= 0.3 is 0 Å². The van der Waals surface area contributed by atoms with Crippen molar-refractivity contribution in [2.24, 2.45) is 0 Å². The van der Waals surface area contributed by atoms with Crippen molar-refractivity contribution in [1.29, 1.82) is 0 Å². The number of rotatable bonds is 7. The minimum atomic E-state index is -0.120. The fourth-order valence-corrected chi connectivity index (χ4v) is 4.02. The smallest absolute Gasteiger partial charge is 0.255 e. The molecule has 1 amide bonds. The van der Waals surface area contributed by atoms with Crippen LogP contribution in [0.1, 0.15) is 15.2 Å². The number of thioether (sulfide) groups is 1. The summed E-state index contributed by atoms with van der Waals surface area (Å²) >= 11 is 9.47. The molecule has 1 aromatic carbocycles. The first-order chi connectivity index (χ1) is 11.7. The average molecular weight is 378 g/mol. The maximum atomic E-state index is 12.4. The van der Waals surface area contributed by atoms with Crippen molar-refractivity contribution in [3.05, 3.63) is 63.4 Å². The second-order valence-corrected chi connectivity index (χ2v) is 7.63. The fourth-order valence-electron chi connectivity index (χ4n) is 2.19. The highest BCUT2D eigenvalue weighted by molar-refractivity contribution is 7.98. The summed E-state index contributed by atoms with van der Waals surface area (Å²) in [6, 6.07) is 11.5. The highest BCUT2D eigenvalue weighted by Gasteiger charge is 2.14. The Morgan fingerprint density at radius 1 is 1.29 bits per heavy atom. The van der Waals surface area contributed by atoms with Crippen molar-refractivity contribution in [3.63, 3.8) is 0 Å². The van der Waals surface area contributed by atoms with Gasteiger partial charge in [-0.05, 0) is 23.6 Å². The minimum absolute atomic E-state index is 0.120. The Kier molecular flexibility index (Phi) is 5.96.